The first-order chi connectivity index (χ1) is 13.7. The summed E-state index contributed by atoms with van der Waals surface area (Å²) in [5.74, 6) is -0.320. The van der Waals surface area contributed by atoms with Gasteiger partial charge in [-0.2, -0.15) is 0 Å². The van der Waals surface area contributed by atoms with Crippen LogP contribution in [-0.4, -0.2) is 47.3 Å². The SMILES string of the molecule is NCc1ccccc1Nc1c(C(=O)O)cnc2c(N3CCOCC3)nccc12. The van der Waals surface area contributed by atoms with Crippen molar-refractivity contribution in [1.82, 2.24) is 9.97 Å². The van der Waals surface area contributed by atoms with Gasteiger partial charge < -0.3 is 25.8 Å². The second kappa shape index (κ2) is 7.79. The van der Waals surface area contributed by atoms with Crippen molar-refractivity contribution in [3.05, 3.63) is 53.9 Å². The zero-order chi connectivity index (χ0) is 19.5. The fraction of sp³-hybridized carbons (Fsp3) is 0.250. The van der Waals surface area contributed by atoms with E-state index < -0.39 is 5.97 Å². The molecule has 0 saturated carbocycles. The maximum Gasteiger partial charge on any atom is 0.339 e. The van der Waals surface area contributed by atoms with Gasteiger partial charge in [-0.05, 0) is 17.7 Å². The van der Waals surface area contributed by atoms with Gasteiger partial charge >= 0.3 is 5.97 Å². The molecule has 3 aromatic rings. The summed E-state index contributed by atoms with van der Waals surface area (Å²) in [7, 11) is 0. The minimum Gasteiger partial charge on any atom is -0.478 e. The lowest BCUT2D eigenvalue weighted by atomic mass is 10.1. The van der Waals surface area contributed by atoms with Gasteiger partial charge in [0.25, 0.3) is 0 Å². The maximum atomic E-state index is 11.8. The molecule has 2 aromatic heterocycles. The monoisotopic (exact) mass is 379 g/mol. The number of nitrogens with one attached hydrogen (secondary N) is 1. The molecule has 0 spiro atoms. The summed E-state index contributed by atoms with van der Waals surface area (Å²) in [5, 5.41) is 13.7. The van der Waals surface area contributed by atoms with E-state index in [4.69, 9.17) is 10.5 Å². The summed E-state index contributed by atoms with van der Waals surface area (Å²) in [6, 6.07) is 9.35. The summed E-state index contributed by atoms with van der Waals surface area (Å²) >= 11 is 0. The highest BCUT2D eigenvalue weighted by Gasteiger charge is 2.21. The Morgan fingerprint density at radius 1 is 1.21 bits per heavy atom. The Balaban J connectivity index is 1.87. The third-order valence-electron chi connectivity index (χ3n) is 4.80. The van der Waals surface area contributed by atoms with E-state index in [0.717, 1.165) is 17.1 Å². The number of aromatic nitrogens is 2. The molecule has 1 aromatic carbocycles. The van der Waals surface area contributed by atoms with E-state index in [-0.39, 0.29) is 5.56 Å². The number of hydrogen-bond acceptors (Lipinski definition) is 7. The van der Waals surface area contributed by atoms with E-state index in [9.17, 15) is 9.90 Å². The van der Waals surface area contributed by atoms with Crippen molar-refractivity contribution in [3.8, 4) is 0 Å². The quantitative estimate of drug-likeness (QED) is 0.619. The third-order valence-corrected chi connectivity index (χ3v) is 4.80. The van der Waals surface area contributed by atoms with Crippen LogP contribution in [0, 0.1) is 0 Å². The number of hydrogen-bond donors (Lipinski definition) is 3. The molecule has 3 heterocycles. The number of nitrogens with zero attached hydrogens (tertiary/aromatic N) is 3. The van der Waals surface area contributed by atoms with Crippen LogP contribution in [0.2, 0.25) is 0 Å². The number of carboxylic acid groups (broad SMARTS) is 1. The number of ether oxygens (including phenoxy) is 1. The summed E-state index contributed by atoms with van der Waals surface area (Å²) in [6.07, 6.45) is 3.06. The van der Waals surface area contributed by atoms with Crippen LogP contribution >= 0.6 is 0 Å². The number of pyridine rings is 2. The van der Waals surface area contributed by atoms with E-state index in [1.165, 1.54) is 6.20 Å². The van der Waals surface area contributed by atoms with Gasteiger partial charge in [0.1, 0.15) is 11.1 Å². The first-order valence-corrected chi connectivity index (χ1v) is 9.07. The lowest BCUT2D eigenvalue weighted by molar-refractivity contribution is 0.0697. The summed E-state index contributed by atoms with van der Waals surface area (Å²) in [5.41, 5.74) is 8.73. The molecule has 144 valence electrons. The van der Waals surface area contributed by atoms with E-state index in [1.807, 2.05) is 24.3 Å². The molecular weight excluding hydrogens is 358 g/mol. The van der Waals surface area contributed by atoms with E-state index >= 15 is 0 Å². The van der Waals surface area contributed by atoms with Gasteiger partial charge in [0.2, 0.25) is 0 Å². The first kappa shape index (κ1) is 18.1. The fourth-order valence-electron chi connectivity index (χ4n) is 3.37. The number of fused-ring (bicyclic) bond motifs is 1. The zero-order valence-corrected chi connectivity index (χ0v) is 15.3. The molecule has 0 aliphatic carbocycles. The molecule has 0 radical (unpaired) electrons. The van der Waals surface area contributed by atoms with Crippen LogP contribution in [0.4, 0.5) is 17.2 Å². The molecule has 4 rings (SSSR count). The smallest absolute Gasteiger partial charge is 0.339 e. The molecule has 1 fully saturated rings. The summed E-state index contributed by atoms with van der Waals surface area (Å²) < 4.78 is 5.42. The fourth-order valence-corrected chi connectivity index (χ4v) is 3.37. The Bertz CT molecular complexity index is 1020. The van der Waals surface area contributed by atoms with Crippen molar-refractivity contribution in [3.63, 3.8) is 0 Å². The topological polar surface area (TPSA) is 114 Å². The van der Waals surface area contributed by atoms with Crippen molar-refractivity contribution < 1.29 is 14.6 Å². The van der Waals surface area contributed by atoms with Gasteiger partial charge in [0.05, 0.1) is 18.9 Å². The van der Waals surface area contributed by atoms with Crippen LogP contribution < -0.4 is 16.0 Å². The zero-order valence-electron chi connectivity index (χ0n) is 15.3. The van der Waals surface area contributed by atoms with Crippen LogP contribution in [0.1, 0.15) is 15.9 Å². The predicted octanol–water partition coefficient (Wildman–Crippen LogP) is 2.37. The second-order valence-electron chi connectivity index (χ2n) is 6.47. The first-order valence-electron chi connectivity index (χ1n) is 9.07. The lowest BCUT2D eigenvalue weighted by Gasteiger charge is -2.28. The Labute approximate surface area is 162 Å². The molecule has 1 aliphatic rings. The molecule has 1 saturated heterocycles. The number of nitrogens with two attached hydrogens (primary N) is 1. The van der Waals surface area contributed by atoms with Crippen LogP contribution in [0.15, 0.2) is 42.7 Å². The number of anilines is 3. The molecular formula is C20H21N5O3. The van der Waals surface area contributed by atoms with Crippen molar-refractivity contribution in [2.75, 3.05) is 36.5 Å². The van der Waals surface area contributed by atoms with Crippen LogP contribution in [0.25, 0.3) is 10.9 Å². The third kappa shape index (κ3) is 3.35. The molecule has 8 heteroatoms. The minimum absolute atomic E-state index is 0.0958. The van der Waals surface area contributed by atoms with Crippen molar-refractivity contribution in [2.24, 2.45) is 5.73 Å². The Morgan fingerprint density at radius 3 is 2.75 bits per heavy atom. The predicted molar refractivity (Wildman–Crippen MR) is 107 cm³/mol. The molecule has 0 atom stereocenters. The van der Waals surface area contributed by atoms with Gasteiger partial charge in [0, 0.05) is 43.1 Å². The molecule has 1 aliphatic heterocycles. The largest absolute Gasteiger partial charge is 0.478 e. The molecule has 0 unspecified atom stereocenters. The molecule has 0 amide bonds. The summed E-state index contributed by atoms with van der Waals surface area (Å²) in [4.78, 5) is 22.9. The molecule has 4 N–H and O–H groups in total. The van der Waals surface area contributed by atoms with E-state index in [1.54, 1.807) is 12.3 Å². The lowest BCUT2D eigenvalue weighted by Crippen LogP contribution is -2.37. The average Bonchev–Trinajstić information content (AvgIpc) is 2.74. The molecule has 28 heavy (non-hydrogen) atoms. The number of aromatic carboxylic acids is 1. The van der Waals surface area contributed by atoms with Crippen molar-refractivity contribution in [1.29, 1.82) is 0 Å². The van der Waals surface area contributed by atoms with Gasteiger partial charge in [-0.1, -0.05) is 18.2 Å². The molecule has 0 bridgehead atoms. The van der Waals surface area contributed by atoms with Crippen LogP contribution in [0.5, 0.6) is 0 Å². The Morgan fingerprint density at radius 2 is 2.00 bits per heavy atom. The van der Waals surface area contributed by atoms with Gasteiger partial charge in [-0.15, -0.1) is 0 Å². The number of rotatable bonds is 5. The highest BCUT2D eigenvalue weighted by Crippen LogP contribution is 2.33. The number of carboxylic acids is 1. The van der Waals surface area contributed by atoms with E-state index in [0.29, 0.717) is 49.4 Å². The highest BCUT2D eigenvalue weighted by atomic mass is 16.5. The number of para-hydroxylation sites is 1. The normalized spacial score (nSPS) is 14.2. The van der Waals surface area contributed by atoms with Gasteiger partial charge in [-0.3, -0.25) is 4.98 Å². The molecule has 8 nitrogen and oxygen atoms in total. The Hall–Kier alpha value is -3.23. The van der Waals surface area contributed by atoms with Crippen molar-refractivity contribution in [2.45, 2.75) is 6.54 Å². The average molecular weight is 379 g/mol. The minimum atomic E-state index is -1.05. The second-order valence-corrected chi connectivity index (χ2v) is 6.47. The van der Waals surface area contributed by atoms with Crippen molar-refractivity contribution >= 4 is 34.1 Å². The van der Waals surface area contributed by atoms with Gasteiger partial charge in [-0.25, -0.2) is 9.78 Å². The standard InChI is InChI=1S/C20H21N5O3/c21-11-13-3-1-2-4-16(13)24-17-14-5-6-22-19(25-7-9-28-10-8-25)18(14)23-12-15(17)20(26)27/h1-6,12H,7-11,21H2,(H,23,24)(H,26,27). The Kier molecular flexibility index (Phi) is 5.05. The number of benzene rings is 1. The van der Waals surface area contributed by atoms with E-state index in [2.05, 4.69) is 20.2 Å². The van der Waals surface area contributed by atoms with Crippen LogP contribution in [-0.2, 0) is 11.3 Å². The maximum absolute atomic E-state index is 11.8. The van der Waals surface area contributed by atoms with Gasteiger partial charge in [0.15, 0.2) is 5.82 Å². The summed E-state index contributed by atoms with van der Waals surface area (Å²) in [6.45, 7) is 3.02. The highest BCUT2D eigenvalue weighted by molar-refractivity contribution is 6.07. The van der Waals surface area contributed by atoms with Crippen LogP contribution in [0.3, 0.4) is 0 Å². The number of morpholine rings is 1. The number of carbonyl (C=O) groups is 1.